The Hall–Kier alpha value is -2.35. The normalized spacial score (nSPS) is 16.3. The SMILES string of the molecule is CCN(C)C(=O)c1c(OC)c(=O)c(C(=O)O)c2n1CCC2O. The van der Waals surface area contributed by atoms with Crippen molar-refractivity contribution in [3.63, 3.8) is 0 Å². The molecule has 8 heteroatoms. The number of carbonyl (C=O) groups excluding carboxylic acids is 1. The zero-order valence-corrected chi connectivity index (χ0v) is 12.6. The van der Waals surface area contributed by atoms with Gasteiger partial charge in [0.25, 0.3) is 5.91 Å². The molecule has 2 heterocycles. The number of aromatic carboxylic acids is 1. The number of amides is 1. The van der Waals surface area contributed by atoms with Gasteiger partial charge in [-0.2, -0.15) is 0 Å². The van der Waals surface area contributed by atoms with E-state index < -0.39 is 29.0 Å². The van der Waals surface area contributed by atoms with E-state index in [2.05, 4.69) is 0 Å². The third-order valence-corrected chi connectivity index (χ3v) is 3.85. The summed E-state index contributed by atoms with van der Waals surface area (Å²) in [6.45, 7) is 2.43. The lowest BCUT2D eigenvalue weighted by molar-refractivity contribution is 0.0683. The molecule has 1 amide bonds. The monoisotopic (exact) mass is 310 g/mol. The van der Waals surface area contributed by atoms with E-state index in [-0.39, 0.29) is 30.1 Å². The molecule has 1 aromatic heterocycles. The van der Waals surface area contributed by atoms with Gasteiger partial charge in [-0.1, -0.05) is 0 Å². The largest absolute Gasteiger partial charge is 0.491 e. The number of aliphatic hydroxyl groups excluding tert-OH is 1. The van der Waals surface area contributed by atoms with Crippen molar-refractivity contribution in [2.24, 2.45) is 0 Å². The molecule has 8 nitrogen and oxygen atoms in total. The Labute approximate surface area is 126 Å². The Morgan fingerprint density at radius 1 is 1.45 bits per heavy atom. The van der Waals surface area contributed by atoms with Gasteiger partial charge < -0.3 is 24.4 Å². The molecule has 1 aromatic rings. The average Bonchev–Trinajstić information content (AvgIpc) is 2.85. The van der Waals surface area contributed by atoms with E-state index in [9.17, 15) is 24.6 Å². The topological polar surface area (TPSA) is 109 Å². The van der Waals surface area contributed by atoms with Crippen molar-refractivity contribution in [2.45, 2.75) is 26.0 Å². The smallest absolute Gasteiger partial charge is 0.341 e. The van der Waals surface area contributed by atoms with Crippen molar-refractivity contribution < 1.29 is 24.5 Å². The van der Waals surface area contributed by atoms with Gasteiger partial charge >= 0.3 is 5.97 Å². The van der Waals surface area contributed by atoms with Gasteiger partial charge in [-0.3, -0.25) is 9.59 Å². The molecule has 2 rings (SSSR count). The first-order chi connectivity index (χ1) is 10.3. The van der Waals surface area contributed by atoms with Crippen molar-refractivity contribution in [3.8, 4) is 5.75 Å². The van der Waals surface area contributed by atoms with Crippen LogP contribution in [0.15, 0.2) is 4.79 Å². The number of aliphatic hydroxyl groups is 1. The van der Waals surface area contributed by atoms with Crippen molar-refractivity contribution in [1.82, 2.24) is 9.47 Å². The summed E-state index contributed by atoms with van der Waals surface area (Å²) in [5.74, 6) is -2.21. The molecule has 2 N–H and O–H groups in total. The number of methoxy groups -OCH3 is 1. The minimum Gasteiger partial charge on any atom is -0.491 e. The molecule has 22 heavy (non-hydrogen) atoms. The van der Waals surface area contributed by atoms with Gasteiger partial charge in [0.1, 0.15) is 5.56 Å². The van der Waals surface area contributed by atoms with Crippen LogP contribution < -0.4 is 10.2 Å². The fourth-order valence-corrected chi connectivity index (χ4v) is 2.62. The standard InChI is InChI=1S/C14H18N2O6/c1-4-15(2)13(19)10-12(22-3)11(18)8(14(20)21)9-7(17)5-6-16(9)10/h7,17H,4-6H2,1-3H3,(H,20,21). The molecule has 1 unspecified atom stereocenters. The summed E-state index contributed by atoms with van der Waals surface area (Å²) in [6.07, 6.45) is -0.855. The van der Waals surface area contributed by atoms with Gasteiger partial charge in [0.05, 0.1) is 18.9 Å². The van der Waals surface area contributed by atoms with Crippen molar-refractivity contribution in [2.75, 3.05) is 20.7 Å². The van der Waals surface area contributed by atoms with Gasteiger partial charge in [0.15, 0.2) is 11.4 Å². The Bertz CT molecular complexity index is 694. The first-order valence-electron chi connectivity index (χ1n) is 6.86. The quantitative estimate of drug-likeness (QED) is 0.815. The predicted octanol–water partition coefficient (Wildman–Crippen LogP) is 0.0841. The third-order valence-electron chi connectivity index (χ3n) is 3.85. The first kappa shape index (κ1) is 16.0. The molecule has 0 bridgehead atoms. The number of carboxylic acid groups (broad SMARTS) is 1. The Morgan fingerprint density at radius 3 is 2.59 bits per heavy atom. The number of rotatable bonds is 4. The van der Waals surface area contributed by atoms with Crippen LogP contribution >= 0.6 is 0 Å². The summed E-state index contributed by atoms with van der Waals surface area (Å²) in [4.78, 5) is 37.7. The van der Waals surface area contributed by atoms with Crippen LogP contribution in [0.4, 0.5) is 0 Å². The van der Waals surface area contributed by atoms with Crippen LogP contribution in [0.3, 0.4) is 0 Å². The summed E-state index contributed by atoms with van der Waals surface area (Å²) in [7, 11) is 2.78. The summed E-state index contributed by atoms with van der Waals surface area (Å²) >= 11 is 0. The highest BCUT2D eigenvalue weighted by atomic mass is 16.5. The number of carbonyl (C=O) groups is 2. The molecule has 0 saturated carbocycles. The maximum Gasteiger partial charge on any atom is 0.341 e. The maximum absolute atomic E-state index is 12.5. The Kier molecular flexibility index (Phi) is 4.23. The van der Waals surface area contributed by atoms with Gasteiger partial charge in [-0.15, -0.1) is 0 Å². The molecule has 0 saturated heterocycles. The number of pyridine rings is 1. The maximum atomic E-state index is 12.5. The molecule has 0 fully saturated rings. The molecular formula is C14H18N2O6. The van der Waals surface area contributed by atoms with E-state index >= 15 is 0 Å². The molecule has 1 atom stereocenters. The fourth-order valence-electron chi connectivity index (χ4n) is 2.62. The van der Waals surface area contributed by atoms with Crippen LogP contribution in [0.5, 0.6) is 5.75 Å². The van der Waals surface area contributed by atoms with Gasteiger partial charge in [0.2, 0.25) is 5.43 Å². The first-order valence-corrected chi connectivity index (χ1v) is 6.86. The van der Waals surface area contributed by atoms with E-state index in [1.165, 1.54) is 16.6 Å². The number of fused-ring (bicyclic) bond motifs is 1. The number of aromatic nitrogens is 1. The second kappa shape index (κ2) is 5.80. The molecular weight excluding hydrogens is 292 g/mol. The summed E-state index contributed by atoms with van der Waals surface area (Å²) in [5.41, 5.74) is -1.49. The molecule has 0 spiro atoms. The van der Waals surface area contributed by atoms with E-state index in [1.54, 1.807) is 14.0 Å². The summed E-state index contributed by atoms with van der Waals surface area (Å²) in [5, 5.41) is 19.3. The molecule has 0 radical (unpaired) electrons. The number of hydrogen-bond acceptors (Lipinski definition) is 5. The average molecular weight is 310 g/mol. The van der Waals surface area contributed by atoms with Gasteiger partial charge in [-0.05, 0) is 13.3 Å². The molecule has 1 aliphatic heterocycles. The minimum atomic E-state index is -1.45. The van der Waals surface area contributed by atoms with Gasteiger partial charge in [0, 0.05) is 20.1 Å². The number of hydrogen-bond donors (Lipinski definition) is 2. The van der Waals surface area contributed by atoms with E-state index in [0.29, 0.717) is 6.54 Å². The van der Waals surface area contributed by atoms with Crippen molar-refractivity contribution in [1.29, 1.82) is 0 Å². The highest BCUT2D eigenvalue weighted by Gasteiger charge is 2.36. The van der Waals surface area contributed by atoms with Crippen LogP contribution in [0.2, 0.25) is 0 Å². The van der Waals surface area contributed by atoms with Crippen molar-refractivity contribution in [3.05, 3.63) is 27.2 Å². The van der Waals surface area contributed by atoms with Gasteiger partial charge in [-0.25, -0.2) is 4.79 Å². The highest BCUT2D eigenvalue weighted by molar-refractivity contribution is 5.97. The Morgan fingerprint density at radius 2 is 2.09 bits per heavy atom. The van der Waals surface area contributed by atoms with Crippen LogP contribution in [0, 0.1) is 0 Å². The molecule has 1 aliphatic rings. The third kappa shape index (κ3) is 2.25. The zero-order valence-electron chi connectivity index (χ0n) is 12.6. The lowest BCUT2D eigenvalue weighted by atomic mass is 10.1. The number of carboxylic acids is 1. The van der Waals surface area contributed by atoms with Crippen LogP contribution in [0.1, 0.15) is 46.0 Å². The zero-order chi connectivity index (χ0) is 16.6. The van der Waals surface area contributed by atoms with E-state index in [0.717, 1.165) is 0 Å². The van der Waals surface area contributed by atoms with E-state index in [4.69, 9.17) is 4.74 Å². The number of ether oxygens (including phenoxy) is 1. The predicted molar refractivity (Wildman–Crippen MR) is 76.4 cm³/mol. The minimum absolute atomic E-state index is 0.0200. The number of nitrogens with zero attached hydrogens (tertiary/aromatic N) is 2. The molecule has 120 valence electrons. The molecule has 0 aromatic carbocycles. The summed E-state index contributed by atoms with van der Waals surface area (Å²) < 4.78 is 6.40. The lowest BCUT2D eigenvalue weighted by Crippen LogP contribution is -2.34. The molecule has 0 aliphatic carbocycles. The Balaban J connectivity index is 2.86. The van der Waals surface area contributed by atoms with Crippen LogP contribution in [-0.2, 0) is 6.54 Å². The van der Waals surface area contributed by atoms with E-state index in [1.807, 2.05) is 0 Å². The fraction of sp³-hybridized carbons (Fsp3) is 0.500. The van der Waals surface area contributed by atoms with Crippen molar-refractivity contribution >= 4 is 11.9 Å². The second-order valence-electron chi connectivity index (χ2n) is 5.05. The van der Waals surface area contributed by atoms with Crippen LogP contribution in [-0.4, -0.2) is 52.3 Å². The lowest BCUT2D eigenvalue weighted by Gasteiger charge is -2.21. The summed E-state index contributed by atoms with van der Waals surface area (Å²) in [6, 6.07) is 0. The second-order valence-corrected chi connectivity index (χ2v) is 5.05. The van der Waals surface area contributed by atoms with Crippen LogP contribution in [0.25, 0.3) is 0 Å². The highest BCUT2D eigenvalue weighted by Crippen LogP contribution is 2.32.